The maximum absolute atomic E-state index is 14.5. The highest BCUT2D eigenvalue weighted by Gasteiger charge is 2.33. The fourth-order valence-electron chi connectivity index (χ4n) is 2.83. The van der Waals surface area contributed by atoms with Crippen molar-refractivity contribution in [1.29, 1.82) is 0 Å². The van der Waals surface area contributed by atoms with E-state index in [1.807, 2.05) is 0 Å². The first-order chi connectivity index (χ1) is 12.3. The van der Waals surface area contributed by atoms with E-state index in [2.05, 4.69) is 5.32 Å². The van der Waals surface area contributed by atoms with Crippen molar-refractivity contribution in [2.45, 2.75) is 19.4 Å². The van der Waals surface area contributed by atoms with Crippen LogP contribution in [0.4, 0.5) is 25.0 Å². The van der Waals surface area contributed by atoms with E-state index in [1.54, 1.807) is 0 Å². The second-order valence-electron chi connectivity index (χ2n) is 6.04. The number of rotatable bonds is 4. The molecule has 0 radical (unpaired) electrons. The Labute approximate surface area is 148 Å². The predicted molar refractivity (Wildman–Crippen MR) is 88.8 cm³/mol. The molecule has 3 rings (SSSR count). The van der Waals surface area contributed by atoms with Crippen LogP contribution in [0.2, 0.25) is 0 Å². The molecule has 1 aromatic rings. The van der Waals surface area contributed by atoms with Crippen molar-refractivity contribution in [3.8, 4) is 0 Å². The minimum absolute atomic E-state index is 0.0242. The van der Waals surface area contributed by atoms with Crippen molar-refractivity contribution >= 4 is 29.2 Å². The monoisotopic (exact) mass is 365 g/mol. The summed E-state index contributed by atoms with van der Waals surface area (Å²) in [7, 11) is 0. The predicted octanol–water partition coefficient (Wildman–Crippen LogP) is 1.72. The second-order valence-corrected chi connectivity index (χ2v) is 6.04. The molecule has 2 heterocycles. The number of nitrogens with one attached hydrogen (secondary N) is 1. The SMILES string of the molecule is CC(=O)NC[C@H]1CN(c2cc(F)c(N3C=CC(=O)CC3)c(F)c2)C(=O)O1. The van der Waals surface area contributed by atoms with Gasteiger partial charge in [-0.3, -0.25) is 14.5 Å². The summed E-state index contributed by atoms with van der Waals surface area (Å²) in [4.78, 5) is 36.5. The molecule has 26 heavy (non-hydrogen) atoms. The van der Waals surface area contributed by atoms with Gasteiger partial charge in [-0.1, -0.05) is 0 Å². The average Bonchev–Trinajstić information content (AvgIpc) is 2.95. The lowest BCUT2D eigenvalue weighted by Crippen LogP contribution is -2.33. The van der Waals surface area contributed by atoms with Crippen molar-refractivity contribution in [3.63, 3.8) is 0 Å². The van der Waals surface area contributed by atoms with E-state index in [0.717, 1.165) is 17.0 Å². The van der Waals surface area contributed by atoms with Crippen LogP contribution < -0.4 is 15.1 Å². The van der Waals surface area contributed by atoms with Gasteiger partial charge in [0.25, 0.3) is 0 Å². The maximum Gasteiger partial charge on any atom is 0.414 e. The van der Waals surface area contributed by atoms with Gasteiger partial charge in [0.1, 0.15) is 11.8 Å². The number of amides is 2. The molecule has 1 saturated heterocycles. The van der Waals surface area contributed by atoms with Crippen LogP contribution in [-0.2, 0) is 14.3 Å². The summed E-state index contributed by atoms with van der Waals surface area (Å²) in [6, 6.07) is 2.09. The van der Waals surface area contributed by atoms with Crippen LogP contribution in [-0.4, -0.2) is 43.5 Å². The smallest absolute Gasteiger partial charge is 0.414 e. The quantitative estimate of drug-likeness (QED) is 0.879. The number of hydrogen-bond acceptors (Lipinski definition) is 5. The lowest BCUT2D eigenvalue weighted by molar-refractivity contribution is -0.119. The van der Waals surface area contributed by atoms with E-state index in [0.29, 0.717) is 0 Å². The molecule has 1 atom stereocenters. The van der Waals surface area contributed by atoms with Gasteiger partial charge >= 0.3 is 6.09 Å². The molecule has 0 unspecified atom stereocenters. The minimum atomic E-state index is -0.850. The molecule has 1 N–H and O–H groups in total. The van der Waals surface area contributed by atoms with Crippen LogP contribution in [0.3, 0.4) is 0 Å². The lowest BCUT2D eigenvalue weighted by Gasteiger charge is -2.25. The van der Waals surface area contributed by atoms with Gasteiger partial charge in [0, 0.05) is 38.2 Å². The first-order valence-corrected chi connectivity index (χ1v) is 8.04. The second kappa shape index (κ2) is 7.11. The van der Waals surface area contributed by atoms with Crippen LogP contribution in [0.1, 0.15) is 13.3 Å². The number of allylic oxidation sites excluding steroid dienone is 1. The van der Waals surface area contributed by atoms with Crippen molar-refractivity contribution in [1.82, 2.24) is 5.32 Å². The Morgan fingerprint density at radius 1 is 1.31 bits per heavy atom. The Morgan fingerprint density at radius 2 is 2.00 bits per heavy atom. The van der Waals surface area contributed by atoms with E-state index < -0.39 is 23.8 Å². The maximum atomic E-state index is 14.5. The van der Waals surface area contributed by atoms with Gasteiger partial charge in [0.15, 0.2) is 17.4 Å². The molecule has 138 valence electrons. The fourth-order valence-corrected chi connectivity index (χ4v) is 2.83. The number of benzene rings is 1. The number of carbonyl (C=O) groups is 3. The largest absolute Gasteiger partial charge is 0.442 e. The number of hydrogen-bond donors (Lipinski definition) is 1. The third kappa shape index (κ3) is 3.66. The van der Waals surface area contributed by atoms with E-state index in [1.165, 1.54) is 24.1 Å². The number of nitrogens with zero attached hydrogens (tertiary/aromatic N) is 2. The highest BCUT2D eigenvalue weighted by Crippen LogP contribution is 2.31. The zero-order valence-corrected chi connectivity index (χ0v) is 14.0. The van der Waals surface area contributed by atoms with Gasteiger partial charge in [-0.25, -0.2) is 13.6 Å². The van der Waals surface area contributed by atoms with Gasteiger partial charge in [-0.2, -0.15) is 0 Å². The summed E-state index contributed by atoms with van der Waals surface area (Å²) < 4.78 is 34.1. The summed E-state index contributed by atoms with van der Waals surface area (Å²) in [5.41, 5.74) is -0.254. The first-order valence-electron chi connectivity index (χ1n) is 8.04. The Hall–Kier alpha value is -2.97. The van der Waals surface area contributed by atoms with Crippen LogP contribution in [0.5, 0.6) is 0 Å². The number of ether oxygens (including phenoxy) is 1. The summed E-state index contributed by atoms with van der Waals surface area (Å²) in [6.07, 6.45) is 1.42. The minimum Gasteiger partial charge on any atom is -0.442 e. The molecule has 1 fully saturated rings. The lowest BCUT2D eigenvalue weighted by atomic mass is 10.1. The molecule has 2 aliphatic rings. The molecule has 1 aromatic carbocycles. The number of anilines is 2. The van der Waals surface area contributed by atoms with E-state index >= 15 is 0 Å². The summed E-state index contributed by atoms with van der Waals surface area (Å²) in [5.74, 6) is -2.08. The Balaban J connectivity index is 1.79. The molecule has 0 saturated carbocycles. The Bertz CT molecular complexity index is 773. The molecule has 0 aromatic heterocycles. The molecule has 0 spiro atoms. The Morgan fingerprint density at radius 3 is 2.58 bits per heavy atom. The number of halogens is 2. The normalized spacial score (nSPS) is 19.7. The molecular weight excluding hydrogens is 348 g/mol. The number of ketones is 1. The topological polar surface area (TPSA) is 79.0 Å². The molecule has 0 aliphatic carbocycles. The standard InChI is InChI=1S/C17H17F2N3O4/c1-10(23)20-8-13-9-22(17(25)26-13)11-6-14(18)16(15(19)7-11)21-4-2-12(24)3-5-21/h2,4,6-7,13H,3,5,8-9H2,1H3,(H,20,23)/t13-/m0/s1. The van der Waals surface area contributed by atoms with Crippen molar-refractivity contribution in [3.05, 3.63) is 36.0 Å². The summed E-state index contributed by atoms with van der Waals surface area (Å²) in [5, 5.41) is 2.53. The van der Waals surface area contributed by atoms with Crippen LogP contribution >= 0.6 is 0 Å². The highest BCUT2D eigenvalue weighted by molar-refractivity contribution is 5.92. The molecular formula is C17H17F2N3O4. The van der Waals surface area contributed by atoms with Gasteiger partial charge in [0.2, 0.25) is 5.91 Å². The van der Waals surface area contributed by atoms with E-state index in [-0.39, 0.29) is 49.1 Å². The summed E-state index contributed by atoms with van der Waals surface area (Å²) >= 11 is 0. The summed E-state index contributed by atoms with van der Waals surface area (Å²) in [6.45, 7) is 1.69. The average molecular weight is 365 g/mol. The van der Waals surface area contributed by atoms with Crippen molar-refractivity contribution < 1.29 is 27.9 Å². The molecule has 9 heteroatoms. The highest BCUT2D eigenvalue weighted by atomic mass is 19.1. The molecule has 2 amide bonds. The molecule has 2 aliphatic heterocycles. The van der Waals surface area contributed by atoms with Crippen molar-refractivity contribution in [2.24, 2.45) is 0 Å². The third-order valence-corrected chi connectivity index (χ3v) is 4.09. The van der Waals surface area contributed by atoms with Gasteiger partial charge in [-0.15, -0.1) is 0 Å². The van der Waals surface area contributed by atoms with Crippen LogP contribution in [0.25, 0.3) is 0 Å². The fraction of sp³-hybridized carbons (Fsp3) is 0.353. The first kappa shape index (κ1) is 17.8. The zero-order valence-electron chi connectivity index (χ0n) is 14.0. The van der Waals surface area contributed by atoms with Gasteiger partial charge in [0.05, 0.1) is 18.8 Å². The molecule has 7 nitrogen and oxygen atoms in total. The molecule has 0 bridgehead atoms. The van der Waals surface area contributed by atoms with E-state index in [4.69, 9.17) is 4.74 Å². The van der Waals surface area contributed by atoms with Crippen molar-refractivity contribution in [2.75, 3.05) is 29.4 Å². The third-order valence-electron chi connectivity index (χ3n) is 4.09. The van der Waals surface area contributed by atoms with Gasteiger partial charge < -0.3 is 15.0 Å². The zero-order chi connectivity index (χ0) is 18.8. The van der Waals surface area contributed by atoms with Gasteiger partial charge in [-0.05, 0) is 6.08 Å². The number of carbonyl (C=O) groups excluding carboxylic acids is 3. The number of cyclic esters (lactones) is 1. The van der Waals surface area contributed by atoms with Crippen LogP contribution in [0, 0.1) is 11.6 Å². The van der Waals surface area contributed by atoms with E-state index in [9.17, 15) is 23.2 Å². The Kier molecular flexibility index (Phi) is 4.88. The van der Waals surface area contributed by atoms with Crippen LogP contribution in [0.15, 0.2) is 24.4 Å².